The Kier molecular flexibility index (Phi) is 4.27. The maximum atomic E-state index is 11.9. The Bertz CT molecular complexity index is 1020. The lowest BCUT2D eigenvalue weighted by atomic mass is 10.1. The zero-order valence-corrected chi connectivity index (χ0v) is 15.8. The maximum absolute atomic E-state index is 11.9. The van der Waals surface area contributed by atoms with Gasteiger partial charge in [0.15, 0.2) is 11.2 Å². The summed E-state index contributed by atoms with van der Waals surface area (Å²) in [4.78, 5) is 19.9. The third kappa shape index (κ3) is 2.64. The first-order valence-electron chi connectivity index (χ1n) is 8.39. The summed E-state index contributed by atoms with van der Waals surface area (Å²) in [7, 11) is 0. The van der Waals surface area contributed by atoms with Gasteiger partial charge in [-0.1, -0.05) is 44.2 Å². The lowest BCUT2D eigenvalue weighted by molar-refractivity contribution is 0.111. The zero-order chi connectivity index (χ0) is 17.4. The van der Waals surface area contributed by atoms with E-state index in [2.05, 4.69) is 38.1 Å². The molecule has 0 bridgehead atoms. The van der Waals surface area contributed by atoms with Crippen LogP contribution in [0, 0.1) is 0 Å². The van der Waals surface area contributed by atoms with E-state index in [4.69, 9.17) is 4.98 Å². The number of thiazole rings is 1. The Morgan fingerprint density at radius 2 is 1.92 bits per heavy atom. The number of aryl methyl sites for hydroxylation is 2. The van der Waals surface area contributed by atoms with Crippen LogP contribution in [0.5, 0.6) is 0 Å². The second-order valence-electron chi connectivity index (χ2n) is 5.84. The molecule has 0 N–H and O–H groups in total. The summed E-state index contributed by atoms with van der Waals surface area (Å²) in [6.07, 6.45) is 2.88. The number of hydrogen-bond acceptors (Lipinski definition) is 4. The third-order valence-corrected chi connectivity index (χ3v) is 6.47. The fourth-order valence-electron chi connectivity index (χ4n) is 3.11. The highest BCUT2D eigenvalue weighted by Gasteiger charge is 2.22. The Balaban J connectivity index is 1.99. The van der Waals surface area contributed by atoms with Gasteiger partial charge in [-0.2, -0.15) is 0 Å². The summed E-state index contributed by atoms with van der Waals surface area (Å²) in [5, 5.41) is 2.01. The molecule has 0 saturated heterocycles. The van der Waals surface area contributed by atoms with Crippen molar-refractivity contribution in [3.8, 4) is 21.8 Å². The number of rotatable bonds is 5. The van der Waals surface area contributed by atoms with Crippen molar-refractivity contribution >= 4 is 33.9 Å². The van der Waals surface area contributed by atoms with Crippen LogP contribution in [0.25, 0.3) is 26.8 Å². The van der Waals surface area contributed by atoms with Crippen molar-refractivity contribution in [1.29, 1.82) is 0 Å². The minimum Gasteiger partial charge on any atom is -0.296 e. The first-order valence-corrected chi connectivity index (χ1v) is 10.1. The largest absolute Gasteiger partial charge is 0.296 e. The molecule has 4 rings (SSSR count). The highest BCUT2D eigenvalue weighted by atomic mass is 32.1. The number of aldehydes is 1. The van der Waals surface area contributed by atoms with Crippen LogP contribution < -0.4 is 0 Å². The Hall–Kier alpha value is -2.24. The quantitative estimate of drug-likeness (QED) is 0.423. The average Bonchev–Trinajstić information content (AvgIpc) is 3.36. The number of nitrogens with zero attached hydrogens (tertiary/aromatic N) is 2. The zero-order valence-electron chi connectivity index (χ0n) is 14.2. The van der Waals surface area contributed by atoms with Gasteiger partial charge in [0.2, 0.25) is 0 Å². The van der Waals surface area contributed by atoms with E-state index in [9.17, 15) is 4.79 Å². The summed E-state index contributed by atoms with van der Waals surface area (Å²) in [6.45, 7) is 4.30. The van der Waals surface area contributed by atoms with Gasteiger partial charge in [-0.15, -0.1) is 22.7 Å². The van der Waals surface area contributed by atoms with Gasteiger partial charge < -0.3 is 0 Å². The molecule has 0 aliphatic heterocycles. The molecule has 0 aliphatic carbocycles. The van der Waals surface area contributed by atoms with Crippen molar-refractivity contribution in [3.05, 3.63) is 57.9 Å². The molecule has 3 aromatic heterocycles. The first kappa shape index (κ1) is 16.2. The minimum absolute atomic E-state index is 0.642. The van der Waals surface area contributed by atoms with Crippen molar-refractivity contribution in [3.63, 3.8) is 0 Å². The van der Waals surface area contributed by atoms with E-state index < -0.39 is 0 Å². The first-order chi connectivity index (χ1) is 12.3. The standard InChI is InChI=1S/C20H18N2OS2/c1-3-13-7-9-14(10-8-13)19-16(4-2)25-20-21-18(15(12-23)22(19)20)17-6-5-11-24-17/h5-12H,3-4H2,1-2H3. The summed E-state index contributed by atoms with van der Waals surface area (Å²) in [6, 6.07) is 12.6. The van der Waals surface area contributed by atoms with E-state index in [-0.39, 0.29) is 0 Å². The molecule has 3 heterocycles. The summed E-state index contributed by atoms with van der Waals surface area (Å²) < 4.78 is 2.03. The molecule has 0 spiro atoms. The van der Waals surface area contributed by atoms with Crippen molar-refractivity contribution in [2.75, 3.05) is 0 Å². The van der Waals surface area contributed by atoms with Gasteiger partial charge in [-0.3, -0.25) is 9.20 Å². The van der Waals surface area contributed by atoms with Crippen molar-refractivity contribution in [1.82, 2.24) is 9.38 Å². The Labute approximate surface area is 154 Å². The second kappa shape index (κ2) is 6.58. The predicted octanol–water partition coefficient (Wildman–Crippen LogP) is 5.73. The number of imidazole rings is 1. The van der Waals surface area contributed by atoms with Gasteiger partial charge in [0.25, 0.3) is 0 Å². The minimum atomic E-state index is 0.642. The second-order valence-corrected chi connectivity index (χ2v) is 7.85. The smallest absolute Gasteiger partial charge is 0.195 e. The van der Waals surface area contributed by atoms with Gasteiger partial charge in [-0.25, -0.2) is 4.98 Å². The SMILES string of the molecule is CCc1ccc(-c2c(CC)sc3nc(-c4cccs4)c(C=O)n23)cc1. The number of hydrogen-bond donors (Lipinski definition) is 0. The van der Waals surface area contributed by atoms with E-state index in [1.807, 2.05) is 21.9 Å². The molecule has 0 saturated carbocycles. The number of carbonyl (C=O) groups is 1. The normalized spacial score (nSPS) is 11.3. The van der Waals surface area contributed by atoms with Crippen molar-refractivity contribution in [2.24, 2.45) is 0 Å². The topological polar surface area (TPSA) is 34.4 Å². The monoisotopic (exact) mass is 366 g/mol. The van der Waals surface area contributed by atoms with E-state index in [0.29, 0.717) is 5.69 Å². The van der Waals surface area contributed by atoms with E-state index in [1.165, 1.54) is 10.4 Å². The fraction of sp³-hybridized carbons (Fsp3) is 0.200. The van der Waals surface area contributed by atoms with Crippen LogP contribution in [-0.4, -0.2) is 15.7 Å². The molecule has 4 aromatic rings. The summed E-state index contributed by atoms with van der Waals surface area (Å²) in [5.74, 6) is 0. The van der Waals surface area contributed by atoms with Gasteiger partial charge in [-0.05, 0) is 35.4 Å². The van der Waals surface area contributed by atoms with E-state index in [1.54, 1.807) is 22.7 Å². The number of thiophene rings is 1. The molecule has 0 radical (unpaired) electrons. The summed E-state index contributed by atoms with van der Waals surface area (Å²) >= 11 is 3.28. The lowest BCUT2D eigenvalue weighted by Gasteiger charge is -2.06. The third-order valence-electron chi connectivity index (χ3n) is 4.41. The molecule has 0 unspecified atom stereocenters. The highest BCUT2D eigenvalue weighted by Crippen LogP contribution is 2.37. The Morgan fingerprint density at radius 1 is 1.12 bits per heavy atom. The molecule has 0 fully saturated rings. The van der Waals surface area contributed by atoms with Crippen LogP contribution in [0.4, 0.5) is 0 Å². The Morgan fingerprint density at radius 3 is 2.52 bits per heavy atom. The van der Waals surface area contributed by atoms with Gasteiger partial charge in [0.05, 0.1) is 10.6 Å². The molecular formula is C20H18N2OS2. The molecular weight excluding hydrogens is 348 g/mol. The highest BCUT2D eigenvalue weighted by molar-refractivity contribution is 7.17. The van der Waals surface area contributed by atoms with Crippen molar-refractivity contribution in [2.45, 2.75) is 26.7 Å². The molecule has 126 valence electrons. The average molecular weight is 367 g/mol. The van der Waals surface area contributed by atoms with Crippen LogP contribution >= 0.6 is 22.7 Å². The van der Waals surface area contributed by atoms with Crippen molar-refractivity contribution < 1.29 is 4.79 Å². The van der Waals surface area contributed by atoms with Crippen LogP contribution in [0.1, 0.15) is 34.8 Å². The van der Waals surface area contributed by atoms with Gasteiger partial charge in [0, 0.05) is 4.88 Å². The van der Waals surface area contributed by atoms with E-state index >= 15 is 0 Å². The molecule has 0 amide bonds. The van der Waals surface area contributed by atoms with Crippen LogP contribution in [0.3, 0.4) is 0 Å². The number of fused-ring (bicyclic) bond motifs is 1. The van der Waals surface area contributed by atoms with Gasteiger partial charge >= 0.3 is 0 Å². The molecule has 25 heavy (non-hydrogen) atoms. The summed E-state index contributed by atoms with van der Waals surface area (Å²) in [5.41, 5.74) is 4.98. The van der Waals surface area contributed by atoms with E-state index in [0.717, 1.165) is 45.9 Å². The van der Waals surface area contributed by atoms with Crippen LogP contribution in [-0.2, 0) is 12.8 Å². The number of carbonyl (C=O) groups excluding carboxylic acids is 1. The molecule has 3 nitrogen and oxygen atoms in total. The fourth-order valence-corrected chi connectivity index (χ4v) is 4.92. The van der Waals surface area contributed by atoms with Crippen LogP contribution in [0.2, 0.25) is 0 Å². The molecule has 0 atom stereocenters. The number of benzene rings is 1. The molecule has 0 aliphatic rings. The van der Waals surface area contributed by atoms with Gasteiger partial charge in [0.1, 0.15) is 11.4 Å². The maximum Gasteiger partial charge on any atom is 0.195 e. The lowest BCUT2D eigenvalue weighted by Crippen LogP contribution is -1.96. The number of aromatic nitrogens is 2. The predicted molar refractivity (Wildman–Crippen MR) is 106 cm³/mol. The molecule has 1 aromatic carbocycles. The molecule has 5 heteroatoms. The van der Waals surface area contributed by atoms with Crippen LogP contribution in [0.15, 0.2) is 41.8 Å².